The molecule has 0 spiro atoms. The van der Waals surface area contributed by atoms with Gasteiger partial charge in [-0.3, -0.25) is 0 Å². The van der Waals surface area contributed by atoms with Crippen LogP contribution in [0.3, 0.4) is 0 Å². The first-order chi connectivity index (χ1) is 9.74. The van der Waals surface area contributed by atoms with E-state index in [1.165, 1.54) is 38.0 Å². The number of benzene rings is 1. The molecule has 1 aromatic rings. The lowest BCUT2D eigenvalue weighted by atomic mass is 9.96. The van der Waals surface area contributed by atoms with Gasteiger partial charge in [0.2, 0.25) is 0 Å². The molecule has 6 heteroatoms. The first-order valence-corrected chi connectivity index (χ1v) is 9.15. The Morgan fingerprint density at radius 1 is 1.29 bits per heavy atom. The smallest absolute Gasteiger partial charge is 0.175 e. The van der Waals surface area contributed by atoms with Crippen molar-refractivity contribution in [1.29, 1.82) is 0 Å². The van der Waals surface area contributed by atoms with Gasteiger partial charge in [-0.1, -0.05) is 12.8 Å². The summed E-state index contributed by atoms with van der Waals surface area (Å²) in [5, 5.41) is 3.39. The molecule has 1 saturated carbocycles. The summed E-state index contributed by atoms with van der Waals surface area (Å²) in [6, 6.07) is 4.88. The fourth-order valence-electron chi connectivity index (χ4n) is 3.01. The van der Waals surface area contributed by atoms with Gasteiger partial charge in [-0.05, 0) is 45.1 Å². The first kappa shape index (κ1) is 16.1. The van der Waals surface area contributed by atoms with Gasteiger partial charge in [-0.25, -0.2) is 8.42 Å². The number of nitrogen functional groups attached to an aromatic ring is 1. The van der Waals surface area contributed by atoms with E-state index >= 15 is 0 Å². The lowest BCUT2D eigenvalue weighted by Gasteiger charge is -2.37. The van der Waals surface area contributed by atoms with Crippen molar-refractivity contribution in [3.8, 4) is 0 Å². The molecule has 0 heterocycles. The molecule has 1 fully saturated rings. The number of sulfone groups is 1. The number of anilines is 2. The highest BCUT2D eigenvalue weighted by molar-refractivity contribution is 7.90. The average molecular weight is 311 g/mol. The zero-order valence-corrected chi connectivity index (χ0v) is 13.8. The maximum atomic E-state index is 11.5. The maximum absolute atomic E-state index is 11.5. The highest BCUT2D eigenvalue weighted by Crippen LogP contribution is 2.34. The van der Waals surface area contributed by atoms with E-state index in [0.717, 1.165) is 12.2 Å². The normalized spacial score (nSPS) is 18.1. The third kappa shape index (κ3) is 3.49. The molecule has 2 rings (SSSR count). The standard InChI is InChI=1S/C15H25N3O2S/c1-18(2)15(8-4-5-9-15)11-17-14-7-6-12(10-13(14)16)21(3,19)20/h6-7,10,17H,4-5,8-9,11,16H2,1-3H3. The molecule has 0 unspecified atom stereocenters. The lowest BCUT2D eigenvalue weighted by molar-refractivity contribution is 0.172. The second-order valence-corrected chi connectivity index (χ2v) is 8.22. The molecule has 1 aromatic carbocycles. The fraction of sp³-hybridized carbons (Fsp3) is 0.600. The monoisotopic (exact) mass is 311 g/mol. The van der Waals surface area contributed by atoms with Crippen LogP contribution in [0.4, 0.5) is 11.4 Å². The predicted molar refractivity (Wildman–Crippen MR) is 87.3 cm³/mol. The van der Waals surface area contributed by atoms with Gasteiger partial charge >= 0.3 is 0 Å². The summed E-state index contributed by atoms with van der Waals surface area (Å²) in [5.41, 5.74) is 7.43. The van der Waals surface area contributed by atoms with Gasteiger partial charge in [0.05, 0.1) is 16.3 Å². The molecule has 118 valence electrons. The van der Waals surface area contributed by atoms with Crippen molar-refractivity contribution in [3.63, 3.8) is 0 Å². The largest absolute Gasteiger partial charge is 0.397 e. The summed E-state index contributed by atoms with van der Waals surface area (Å²) in [6.45, 7) is 0.822. The molecular weight excluding hydrogens is 286 g/mol. The Labute approximate surface area is 127 Å². The minimum absolute atomic E-state index is 0.169. The van der Waals surface area contributed by atoms with Gasteiger partial charge in [-0.2, -0.15) is 0 Å². The molecule has 0 amide bonds. The Bertz CT molecular complexity index is 605. The molecule has 0 aliphatic heterocycles. The Hall–Kier alpha value is -1.27. The van der Waals surface area contributed by atoms with Crippen molar-refractivity contribution in [2.75, 3.05) is 37.9 Å². The summed E-state index contributed by atoms with van der Waals surface area (Å²) < 4.78 is 23.0. The quantitative estimate of drug-likeness (QED) is 0.813. The second kappa shape index (κ2) is 5.85. The molecule has 0 saturated heterocycles. The lowest BCUT2D eigenvalue weighted by Crippen LogP contribution is -2.47. The number of rotatable bonds is 5. The van der Waals surface area contributed by atoms with Crippen molar-refractivity contribution >= 4 is 21.2 Å². The average Bonchev–Trinajstić information content (AvgIpc) is 2.86. The molecular formula is C15H25N3O2S. The number of hydrogen-bond donors (Lipinski definition) is 2. The van der Waals surface area contributed by atoms with Crippen molar-refractivity contribution in [1.82, 2.24) is 4.90 Å². The topological polar surface area (TPSA) is 75.4 Å². The molecule has 0 atom stereocenters. The van der Waals surface area contributed by atoms with Crippen LogP contribution in [0, 0.1) is 0 Å². The van der Waals surface area contributed by atoms with E-state index in [-0.39, 0.29) is 10.4 Å². The Kier molecular flexibility index (Phi) is 4.49. The third-order valence-corrected chi connectivity index (χ3v) is 5.65. The first-order valence-electron chi connectivity index (χ1n) is 7.25. The molecule has 21 heavy (non-hydrogen) atoms. The second-order valence-electron chi connectivity index (χ2n) is 6.20. The fourth-order valence-corrected chi connectivity index (χ4v) is 3.66. The van der Waals surface area contributed by atoms with Crippen LogP contribution in [0.5, 0.6) is 0 Å². The van der Waals surface area contributed by atoms with E-state index in [1.54, 1.807) is 12.1 Å². The maximum Gasteiger partial charge on any atom is 0.175 e. The van der Waals surface area contributed by atoms with E-state index in [4.69, 9.17) is 5.73 Å². The molecule has 0 radical (unpaired) electrons. The van der Waals surface area contributed by atoms with Crippen molar-refractivity contribution < 1.29 is 8.42 Å². The summed E-state index contributed by atoms with van der Waals surface area (Å²) in [5.74, 6) is 0. The summed E-state index contributed by atoms with van der Waals surface area (Å²) in [7, 11) is 1.01. The number of nitrogens with one attached hydrogen (secondary N) is 1. The van der Waals surface area contributed by atoms with Gasteiger partial charge in [0.15, 0.2) is 9.84 Å². The number of nitrogens with zero attached hydrogens (tertiary/aromatic N) is 1. The van der Waals surface area contributed by atoms with Crippen LogP contribution >= 0.6 is 0 Å². The van der Waals surface area contributed by atoms with Gasteiger partial charge in [-0.15, -0.1) is 0 Å². The Morgan fingerprint density at radius 2 is 1.90 bits per heavy atom. The predicted octanol–water partition coefficient (Wildman–Crippen LogP) is 1.96. The summed E-state index contributed by atoms with van der Waals surface area (Å²) >= 11 is 0. The Morgan fingerprint density at radius 3 is 2.38 bits per heavy atom. The minimum Gasteiger partial charge on any atom is -0.397 e. The van der Waals surface area contributed by atoms with E-state index in [0.29, 0.717) is 5.69 Å². The van der Waals surface area contributed by atoms with Crippen LogP contribution in [-0.2, 0) is 9.84 Å². The summed E-state index contributed by atoms with van der Waals surface area (Å²) in [6.07, 6.45) is 6.04. The van der Waals surface area contributed by atoms with Crippen LogP contribution in [0.15, 0.2) is 23.1 Å². The zero-order chi connectivity index (χ0) is 15.7. The van der Waals surface area contributed by atoms with E-state index in [2.05, 4.69) is 24.3 Å². The Balaban J connectivity index is 2.13. The molecule has 0 bridgehead atoms. The van der Waals surface area contributed by atoms with E-state index in [9.17, 15) is 8.42 Å². The number of nitrogens with two attached hydrogens (primary N) is 1. The van der Waals surface area contributed by atoms with Crippen molar-refractivity contribution in [2.24, 2.45) is 0 Å². The van der Waals surface area contributed by atoms with Gasteiger partial charge in [0, 0.05) is 18.3 Å². The highest BCUT2D eigenvalue weighted by Gasteiger charge is 2.35. The van der Waals surface area contributed by atoms with Gasteiger partial charge in [0.25, 0.3) is 0 Å². The van der Waals surface area contributed by atoms with Crippen LogP contribution in [-0.4, -0.2) is 45.8 Å². The third-order valence-electron chi connectivity index (χ3n) is 4.54. The molecule has 3 N–H and O–H groups in total. The molecule has 0 aromatic heterocycles. The minimum atomic E-state index is -3.21. The van der Waals surface area contributed by atoms with Crippen LogP contribution < -0.4 is 11.1 Å². The number of hydrogen-bond acceptors (Lipinski definition) is 5. The number of likely N-dealkylation sites (N-methyl/N-ethyl adjacent to an activating group) is 1. The highest BCUT2D eigenvalue weighted by atomic mass is 32.2. The van der Waals surface area contributed by atoms with E-state index in [1.807, 2.05) is 0 Å². The molecule has 1 aliphatic carbocycles. The summed E-state index contributed by atoms with van der Waals surface area (Å²) in [4.78, 5) is 2.54. The van der Waals surface area contributed by atoms with Crippen LogP contribution in [0.1, 0.15) is 25.7 Å². The van der Waals surface area contributed by atoms with Crippen LogP contribution in [0.25, 0.3) is 0 Å². The molecule has 1 aliphatic rings. The van der Waals surface area contributed by atoms with Gasteiger partial charge < -0.3 is 16.0 Å². The van der Waals surface area contributed by atoms with Crippen molar-refractivity contribution in [3.05, 3.63) is 18.2 Å². The van der Waals surface area contributed by atoms with Gasteiger partial charge in [0.1, 0.15) is 0 Å². The van der Waals surface area contributed by atoms with Crippen LogP contribution in [0.2, 0.25) is 0 Å². The molecule has 5 nitrogen and oxygen atoms in total. The zero-order valence-electron chi connectivity index (χ0n) is 13.0. The van der Waals surface area contributed by atoms with Crippen molar-refractivity contribution in [2.45, 2.75) is 36.1 Å². The van der Waals surface area contributed by atoms with E-state index < -0.39 is 9.84 Å². The SMILES string of the molecule is CN(C)C1(CNc2ccc(S(C)(=O)=O)cc2N)CCCC1.